The van der Waals surface area contributed by atoms with E-state index in [0.29, 0.717) is 6.54 Å². The Hall–Kier alpha value is -3.98. The van der Waals surface area contributed by atoms with Gasteiger partial charge in [-0.15, -0.1) is 0 Å². The van der Waals surface area contributed by atoms with Gasteiger partial charge < -0.3 is 14.7 Å². The summed E-state index contributed by atoms with van der Waals surface area (Å²) in [5.41, 5.74) is 5.06. The third-order valence-electron chi connectivity index (χ3n) is 7.41. The lowest BCUT2D eigenvalue weighted by molar-refractivity contribution is 0.184. The number of nitrogens with one attached hydrogen (secondary N) is 1. The van der Waals surface area contributed by atoms with Crippen LogP contribution in [0, 0.1) is 11.3 Å². The molecule has 1 aromatic heterocycles. The summed E-state index contributed by atoms with van der Waals surface area (Å²) in [6.07, 6.45) is 7.08. The van der Waals surface area contributed by atoms with Gasteiger partial charge in [-0.05, 0) is 62.1 Å². The Bertz CT molecular complexity index is 1350. The Morgan fingerprint density at radius 2 is 1.55 bits per heavy atom. The van der Waals surface area contributed by atoms with Gasteiger partial charge in [-0.1, -0.05) is 102 Å². The van der Waals surface area contributed by atoms with Crippen molar-refractivity contribution in [3.8, 4) is 17.3 Å². The van der Waals surface area contributed by atoms with E-state index >= 15 is 0 Å². The molecule has 1 saturated heterocycles. The van der Waals surface area contributed by atoms with Gasteiger partial charge in [0, 0.05) is 11.6 Å². The molecule has 2 heterocycles. The second kappa shape index (κ2) is 12.5. The average Bonchev–Trinajstić information content (AvgIpc) is 3.46. The average molecular weight is 503 g/mol. The summed E-state index contributed by atoms with van der Waals surface area (Å²) in [5.74, 6) is 0.840. The minimum Gasteiger partial charge on any atom is -0.359 e. The fourth-order valence-corrected chi connectivity index (χ4v) is 5.07. The Morgan fingerprint density at radius 1 is 0.895 bits per heavy atom. The van der Waals surface area contributed by atoms with Crippen molar-refractivity contribution in [2.45, 2.75) is 31.2 Å². The van der Waals surface area contributed by atoms with Crippen LogP contribution in [0.2, 0.25) is 0 Å². The van der Waals surface area contributed by atoms with Crippen LogP contribution in [0.3, 0.4) is 0 Å². The van der Waals surface area contributed by atoms with Crippen LogP contribution in [-0.2, 0) is 12.0 Å². The summed E-state index contributed by atoms with van der Waals surface area (Å²) in [7, 11) is 0. The molecular weight excluding hydrogens is 468 g/mol. The highest BCUT2D eigenvalue weighted by atomic mass is 16.5. The molecule has 5 nitrogen and oxygen atoms in total. The predicted octanol–water partition coefficient (Wildman–Crippen LogP) is 6.55. The van der Waals surface area contributed by atoms with Gasteiger partial charge in [-0.3, -0.25) is 0 Å². The van der Waals surface area contributed by atoms with E-state index in [1.165, 1.54) is 5.56 Å². The van der Waals surface area contributed by atoms with Crippen LogP contribution in [0.15, 0.2) is 95.5 Å². The standard InChI is InChI=1S/C33H34N4O/c34-26-33(30-10-5-2-6-11-30)18-22-37(23-19-33)21-7-20-35-25-31-24-32(36-38-31)29-16-14-28(15-17-29)13-12-27-8-3-1-4-9-27/h1-6,8-17,24,35H,7,18-23,25H2. The van der Waals surface area contributed by atoms with Crippen LogP contribution >= 0.6 is 0 Å². The van der Waals surface area contributed by atoms with Crippen molar-refractivity contribution >= 4 is 12.2 Å². The molecule has 1 aliphatic rings. The molecule has 0 saturated carbocycles. The fourth-order valence-electron chi connectivity index (χ4n) is 5.07. The Kier molecular flexibility index (Phi) is 8.45. The minimum absolute atomic E-state index is 0.334. The van der Waals surface area contributed by atoms with Crippen molar-refractivity contribution in [1.82, 2.24) is 15.4 Å². The lowest BCUT2D eigenvalue weighted by atomic mass is 9.74. The number of likely N-dealkylation sites (tertiary alicyclic amines) is 1. The van der Waals surface area contributed by atoms with Crippen molar-refractivity contribution in [2.24, 2.45) is 0 Å². The maximum Gasteiger partial charge on any atom is 0.151 e. The molecule has 0 bridgehead atoms. The number of rotatable bonds is 10. The van der Waals surface area contributed by atoms with Gasteiger partial charge in [0.25, 0.3) is 0 Å². The smallest absolute Gasteiger partial charge is 0.151 e. The summed E-state index contributed by atoms with van der Waals surface area (Å²) >= 11 is 0. The predicted molar refractivity (Wildman–Crippen MR) is 153 cm³/mol. The van der Waals surface area contributed by atoms with Crippen molar-refractivity contribution in [3.05, 3.63) is 113 Å². The topological polar surface area (TPSA) is 65.1 Å². The van der Waals surface area contributed by atoms with E-state index in [1.54, 1.807) is 0 Å². The molecule has 192 valence electrons. The molecule has 0 amide bonds. The van der Waals surface area contributed by atoms with Crippen molar-refractivity contribution in [1.29, 1.82) is 5.26 Å². The van der Waals surface area contributed by atoms with Gasteiger partial charge in [0.15, 0.2) is 5.76 Å². The van der Waals surface area contributed by atoms with Gasteiger partial charge in [-0.2, -0.15) is 5.26 Å². The highest BCUT2D eigenvalue weighted by Gasteiger charge is 2.36. The molecule has 5 heteroatoms. The first-order chi connectivity index (χ1) is 18.7. The summed E-state index contributed by atoms with van der Waals surface area (Å²) in [5, 5.41) is 17.6. The van der Waals surface area contributed by atoms with Gasteiger partial charge in [-0.25, -0.2) is 0 Å². The van der Waals surface area contributed by atoms with Gasteiger partial charge in [0.1, 0.15) is 5.69 Å². The summed E-state index contributed by atoms with van der Waals surface area (Å²) in [4.78, 5) is 2.48. The number of hydrogen-bond acceptors (Lipinski definition) is 5. The maximum absolute atomic E-state index is 9.89. The van der Waals surface area contributed by atoms with Crippen LogP contribution < -0.4 is 5.32 Å². The van der Waals surface area contributed by atoms with Crippen LogP contribution in [0.1, 0.15) is 41.7 Å². The van der Waals surface area contributed by atoms with Crippen molar-refractivity contribution < 1.29 is 4.52 Å². The number of aromatic nitrogens is 1. The number of nitrogens with zero attached hydrogens (tertiary/aromatic N) is 3. The molecule has 1 aliphatic heterocycles. The molecule has 3 aromatic carbocycles. The maximum atomic E-state index is 9.89. The third-order valence-corrected chi connectivity index (χ3v) is 7.41. The normalized spacial score (nSPS) is 15.4. The van der Waals surface area contributed by atoms with E-state index in [4.69, 9.17) is 4.52 Å². The van der Waals surface area contributed by atoms with E-state index in [-0.39, 0.29) is 5.41 Å². The fraction of sp³-hybridized carbons (Fsp3) is 0.273. The highest BCUT2D eigenvalue weighted by Crippen LogP contribution is 2.34. The van der Waals surface area contributed by atoms with Crippen LogP contribution in [-0.4, -0.2) is 36.2 Å². The third kappa shape index (κ3) is 6.47. The molecule has 0 spiro atoms. The lowest BCUT2D eigenvalue weighted by Crippen LogP contribution is -2.42. The molecule has 0 aliphatic carbocycles. The Balaban J connectivity index is 1.03. The van der Waals surface area contributed by atoms with E-state index in [1.807, 2.05) is 42.5 Å². The van der Waals surface area contributed by atoms with Gasteiger partial charge in [0.05, 0.1) is 18.0 Å². The number of nitriles is 1. The monoisotopic (exact) mass is 502 g/mol. The van der Waals surface area contributed by atoms with Crippen molar-refractivity contribution in [2.75, 3.05) is 26.2 Å². The quantitative estimate of drug-likeness (QED) is 0.197. The number of piperidine rings is 1. The summed E-state index contributed by atoms with van der Waals surface area (Å²) in [6.45, 7) is 4.55. The molecule has 1 fully saturated rings. The molecule has 5 rings (SSSR count). The second-order valence-corrected chi connectivity index (χ2v) is 9.98. The first-order valence-corrected chi connectivity index (χ1v) is 13.4. The largest absolute Gasteiger partial charge is 0.359 e. The summed E-state index contributed by atoms with van der Waals surface area (Å²) in [6, 6.07) is 33.6. The first kappa shape index (κ1) is 25.7. The molecule has 1 N–H and O–H groups in total. The summed E-state index contributed by atoms with van der Waals surface area (Å²) < 4.78 is 5.56. The van der Waals surface area contributed by atoms with Crippen LogP contribution in [0.4, 0.5) is 0 Å². The Labute approximate surface area is 225 Å². The van der Waals surface area contributed by atoms with E-state index in [2.05, 4.69) is 82.1 Å². The zero-order valence-electron chi connectivity index (χ0n) is 21.7. The molecule has 0 unspecified atom stereocenters. The molecule has 4 aromatic rings. The molecular formula is C33H34N4O. The molecule has 0 atom stereocenters. The zero-order chi connectivity index (χ0) is 26.0. The molecule has 38 heavy (non-hydrogen) atoms. The highest BCUT2D eigenvalue weighted by molar-refractivity contribution is 5.71. The minimum atomic E-state index is -0.334. The van der Waals surface area contributed by atoms with Gasteiger partial charge in [0.2, 0.25) is 0 Å². The van der Waals surface area contributed by atoms with Crippen LogP contribution in [0.25, 0.3) is 23.4 Å². The lowest BCUT2D eigenvalue weighted by Gasteiger charge is -2.37. The second-order valence-electron chi connectivity index (χ2n) is 9.98. The SMILES string of the molecule is N#CC1(c2ccccc2)CCN(CCCNCc2cc(-c3ccc(C=Cc4ccccc4)cc3)no2)CC1. The number of benzene rings is 3. The van der Waals surface area contributed by atoms with E-state index in [9.17, 15) is 5.26 Å². The van der Waals surface area contributed by atoms with Crippen molar-refractivity contribution in [3.63, 3.8) is 0 Å². The molecule has 0 radical (unpaired) electrons. The van der Waals surface area contributed by atoms with E-state index in [0.717, 1.165) is 73.6 Å². The van der Waals surface area contributed by atoms with Gasteiger partial charge >= 0.3 is 0 Å². The van der Waals surface area contributed by atoms with Crippen LogP contribution in [0.5, 0.6) is 0 Å². The van der Waals surface area contributed by atoms with E-state index < -0.39 is 0 Å². The zero-order valence-corrected chi connectivity index (χ0v) is 21.7. The first-order valence-electron chi connectivity index (χ1n) is 13.4. The Morgan fingerprint density at radius 3 is 2.24 bits per heavy atom. The number of hydrogen-bond donors (Lipinski definition) is 1.